The fraction of sp³-hybridized carbons (Fsp3) is 0.917. The fourth-order valence-electron chi connectivity index (χ4n) is 2.08. The quantitative estimate of drug-likeness (QED) is 0.730. The third kappa shape index (κ3) is 5.17. The summed E-state index contributed by atoms with van der Waals surface area (Å²) in [4.78, 5) is 11.4. The van der Waals surface area contributed by atoms with Gasteiger partial charge in [-0.05, 0) is 38.0 Å². The molecule has 0 atom stereocenters. The van der Waals surface area contributed by atoms with Crippen LogP contribution in [0.5, 0.6) is 0 Å². The Labute approximate surface area is 92.8 Å². The van der Waals surface area contributed by atoms with Crippen LogP contribution in [0.3, 0.4) is 0 Å². The molecule has 0 spiro atoms. The smallest absolute Gasteiger partial charge is 0.220 e. The molecule has 1 rings (SSSR count). The lowest BCUT2D eigenvalue weighted by Crippen LogP contribution is -2.34. The number of hydrogen-bond donors (Lipinski definition) is 2. The summed E-state index contributed by atoms with van der Waals surface area (Å²) in [6.45, 7) is 2.96. The highest BCUT2D eigenvalue weighted by Gasteiger charge is 2.18. The summed E-state index contributed by atoms with van der Waals surface area (Å²) >= 11 is 0. The molecule has 1 saturated carbocycles. The molecule has 15 heavy (non-hydrogen) atoms. The van der Waals surface area contributed by atoms with Crippen molar-refractivity contribution in [1.82, 2.24) is 5.32 Å². The van der Waals surface area contributed by atoms with E-state index in [0.717, 1.165) is 32.2 Å². The molecule has 1 aliphatic rings. The van der Waals surface area contributed by atoms with Crippen LogP contribution in [0, 0.1) is 5.92 Å². The normalized spacial score (nSPS) is 26.3. The second kappa shape index (κ2) is 6.83. The van der Waals surface area contributed by atoms with Crippen molar-refractivity contribution in [2.24, 2.45) is 11.7 Å². The molecule has 0 aliphatic heterocycles. The second-order valence-electron chi connectivity index (χ2n) is 4.69. The van der Waals surface area contributed by atoms with Gasteiger partial charge in [-0.1, -0.05) is 13.3 Å². The van der Waals surface area contributed by atoms with Crippen molar-refractivity contribution in [3.63, 3.8) is 0 Å². The third-order valence-electron chi connectivity index (χ3n) is 3.24. The van der Waals surface area contributed by atoms with Crippen LogP contribution in [0.2, 0.25) is 0 Å². The van der Waals surface area contributed by atoms with Crippen LogP contribution in [-0.4, -0.2) is 18.5 Å². The van der Waals surface area contributed by atoms with E-state index in [4.69, 9.17) is 5.73 Å². The summed E-state index contributed by atoms with van der Waals surface area (Å²) in [5.41, 5.74) is 5.83. The second-order valence-corrected chi connectivity index (χ2v) is 4.69. The SMILES string of the molecule is CCCCC(=O)NCC1CCC(N)CC1. The maximum atomic E-state index is 11.4. The Balaban J connectivity index is 2.06. The van der Waals surface area contributed by atoms with Crippen LogP contribution in [-0.2, 0) is 4.79 Å². The predicted octanol–water partition coefficient (Wildman–Crippen LogP) is 1.81. The summed E-state index contributed by atoms with van der Waals surface area (Å²) in [5.74, 6) is 0.877. The zero-order chi connectivity index (χ0) is 11.1. The van der Waals surface area contributed by atoms with E-state index in [1.54, 1.807) is 0 Å². The Morgan fingerprint density at radius 1 is 1.33 bits per heavy atom. The summed E-state index contributed by atoms with van der Waals surface area (Å²) in [6, 6.07) is 0.400. The van der Waals surface area contributed by atoms with E-state index < -0.39 is 0 Å². The number of rotatable bonds is 5. The van der Waals surface area contributed by atoms with Gasteiger partial charge in [0.05, 0.1) is 0 Å². The van der Waals surface area contributed by atoms with Gasteiger partial charge in [-0.15, -0.1) is 0 Å². The topological polar surface area (TPSA) is 55.1 Å². The van der Waals surface area contributed by atoms with Gasteiger partial charge in [-0.25, -0.2) is 0 Å². The zero-order valence-corrected chi connectivity index (χ0v) is 9.80. The van der Waals surface area contributed by atoms with Crippen molar-refractivity contribution in [3.8, 4) is 0 Å². The van der Waals surface area contributed by atoms with Crippen LogP contribution in [0.1, 0.15) is 51.9 Å². The molecule has 0 unspecified atom stereocenters. The Morgan fingerprint density at radius 2 is 2.00 bits per heavy atom. The number of hydrogen-bond acceptors (Lipinski definition) is 2. The highest BCUT2D eigenvalue weighted by Crippen LogP contribution is 2.22. The van der Waals surface area contributed by atoms with Gasteiger partial charge >= 0.3 is 0 Å². The lowest BCUT2D eigenvalue weighted by atomic mass is 9.86. The molecule has 3 heteroatoms. The Bertz CT molecular complexity index is 186. The van der Waals surface area contributed by atoms with Gasteiger partial charge in [0.25, 0.3) is 0 Å². The Kier molecular flexibility index (Phi) is 5.69. The van der Waals surface area contributed by atoms with Crippen LogP contribution in [0.15, 0.2) is 0 Å². The summed E-state index contributed by atoms with van der Waals surface area (Å²) in [6.07, 6.45) is 7.37. The number of amides is 1. The van der Waals surface area contributed by atoms with E-state index in [1.807, 2.05) is 0 Å². The summed E-state index contributed by atoms with van der Waals surface area (Å²) in [5, 5.41) is 3.02. The van der Waals surface area contributed by atoms with Crippen LogP contribution in [0.25, 0.3) is 0 Å². The molecule has 0 aromatic rings. The Morgan fingerprint density at radius 3 is 2.60 bits per heavy atom. The van der Waals surface area contributed by atoms with Crippen LogP contribution >= 0.6 is 0 Å². The monoisotopic (exact) mass is 212 g/mol. The van der Waals surface area contributed by atoms with Crippen molar-refractivity contribution in [1.29, 1.82) is 0 Å². The molecule has 0 aromatic carbocycles. The van der Waals surface area contributed by atoms with Crippen molar-refractivity contribution in [2.45, 2.75) is 57.9 Å². The van der Waals surface area contributed by atoms with Crippen LogP contribution in [0.4, 0.5) is 0 Å². The summed E-state index contributed by atoms with van der Waals surface area (Å²) in [7, 11) is 0. The molecule has 0 radical (unpaired) electrons. The van der Waals surface area contributed by atoms with Gasteiger partial charge in [0.2, 0.25) is 5.91 Å². The van der Waals surface area contributed by atoms with Crippen molar-refractivity contribution < 1.29 is 4.79 Å². The molecule has 3 nitrogen and oxygen atoms in total. The molecule has 0 aromatic heterocycles. The molecular formula is C12H24N2O. The van der Waals surface area contributed by atoms with E-state index in [0.29, 0.717) is 18.4 Å². The van der Waals surface area contributed by atoms with Gasteiger partial charge < -0.3 is 11.1 Å². The zero-order valence-electron chi connectivity index (χ0n) is 9.80. The van der Waals surface area contributed by atoms with Gasteiger partial charge in [-0.3, -0.25) is 4.79 Å². The maximum absolute atomic E-state index is 11.4. The van der Waals surface area contributed by atoms with E-state index >= 15 is 0 Å². The molecule has 88 valence electrons. The van der Waals surface area contributed by atoms with Gasteiger partial charge in [0.1, 0.15) is 0 Å². The minimum atomic E-state index is 0.215. The van der Waals surface area contributed by atoms with Gasteiger partial charge in [-0.2, -0.15) is 0 Å². The lowest BCUT2D eigenvalue weighted by molar-refractivity contribution is -0.121. The highest BCUT2D eigenvalue weighted by atomic mass is 16.1. The van der Waals surface area contributed by atoms with Crippen molar-refractivity contribution in [3.05, 3.63) is 0 Å². The first kappa shape index (κ1) is 12.5. The predicted molar refractivity (Wildman–Crippen MR) is 62.5 cm³/mol. The number of unbranched alkanes of at least 4 members (excludes halogenated alkanes) is 1. The number of nitrogens with two attached hydrogens (primary N) is 1. The molecular weight excluding hydrogens is 188 g/mol. The number of nitrogens with one attached hydrogen (secondary N) is 1. The fourth-order valence-corrected chi connectivity index (χ4v) is 2.08. The summed E-state index contributed by atoms with van der Waals surface area (Å²) < 4.78 is 0. The minimum Gasteiger partial charge on any atom is -0.356 e. The van der Waals surface area contributed by atoms with Gasteiger partial charge in [0.15, 0.2) is 0 Å². The minimum absolute atomic E-state index is 0.215. The average Bonchev–Trinajstić information content (AvgIpc) is 2.25. The van der Waals surface area contributed by atoms with E-state index in [-0.39, 0.29) is 5.91 Å². The first-order valence-corrected chi connectivity index (χ1v) is 6.24. The number of carbonyl (C=O) groups excluding carboxylic acids is 1. The van der Waals surface area contributed by atoms with E-state index in [2.05, 4.69) is 12.2 Å². The molecule has 1 amide bonds. The average molecular weight is 212 g/mol. The molecule has 0 heterocycles. The van der Waals surface area contributed by atoms with Crippen molar-refractivity contribution in [2.75, 3.05) is 6.54 Å². The molecule has 0 bridgehead atoms. The number of carbonyl (C=O) groups is 1. The van der Waals surface area contributed by atoms with Gasteiger partial charge in [0, 0.05) is 19.0 Å². The first-order valence-electron chi connectivity index (χ1n) is 6.24. The van der Waals surface area contributed by atoms with E-state index in [9.17, 15) is 4.79 Å². The molecule has 0 saturated heterocycles. The Hall–Kier alpha value is -0.570. The van der Waals surface area contributed by atoms with Crippen LogP contribution < -0.4 is 11.1 Å². The van der Waals surface area contributed by atoms with E-state index in [1.165, 1.54) is 12.8 Å². The molecule has 3 N–H and O–H groups in total. The standard InChI is InChI=1S/C12H24N2O/c1-2-3-4-12(15)14-9-10-5-7-11(13)8-6-10/h10-11H,2-9,13H2,1H3,(H,14,15). The first-order chi connectivity index (χ1) is 7.22. The molecule has 1 fully saturated rings. The maximum Gasteiger partial charge on any atom is 0.220 e. The largest absolute Gasteiger partial charge is 0.356 e. The third-order valence-corrected chi connectivity index (χ3v) is 3.24. The molecule has 1 aliphatic carbocycles. The lowest BCUT2D eigenvalue weighted by Gasteiger charge is -2.26. The van der Waals surface area contributed by atoms with Crippen molar-refractivity contribution >= 4 is 5.91 Å². The highest BCUT2D eigenvalue weighted by molar-refractivity contribution is 5.75.